The average Bonchev–Trinajstić information content (AvgIpc) is 2.90. The molecule has 0 saturated heterocycles. The van der Waals surface area contributed by atoms with E-state index in [1.807, 2.05) is 0 Å². The standard InChI is InChI=1S/C10H10N2O2/c13-9(14)8-4-3-5-6(7(4)11-12-8)10(5)1-2-10/h5-6H,1-3H2,(H,11,12)(H,13,14)/t5-,6-/m0/s1. The van der Waals surface area contributed by atoms with Gasteiger partial charge in [-0.2, -0.15) is 5.10 Å². The summed E-state index contributed by atoms with van der Waals surface area (Å²) < 4.78 is 0. The van der Waals surface area contributed by atoms with E-state index in [1.165, 1.54) is 12.8 Å². The van der Waals surface area contributed by atoms with Crippen LogP contribution in [0.2, 0.25) is 0 Å². The zero-order chi connectivity index (χ0) is 9.50. The van der Waals surface area contributed by atoms with Gasteiger partial charge in [0, 0.05) is 17.2 Å². The van der Waals surface area contributed by atoms with Crippen molar-refractivity contribution >= 4 is 5.97 Å². The molecule has 1 aromatic heterocycles. The quantitative estimate of drug-likeness (QED) is 0.698. The molecule has 72 valence electrons. The molecule has 2 N–H and O–H groups in total. The Morgan fingerprint density at radius 1 is 1.57 bits per heavy atom. The van der Waals surface area contributed by atoms with Gasteiger partial charge in [-0.15, -0.1) is 0 Å². The summed E-state index contributed by atoms with van der Waals surface area (Å²) in [6.07, 6.45) is 3.62. The summed E-state index contributed by atoms with van der Waals surface area (Å²) in [5.74, 6) is 0.469. The van der Waals surface area contributed by atoms with Crippen molar-refractivity contribution in [3.63, 3.8) is 0 Å². The molecule has 1 aromatic rings. The van der Waals surface area contributed by atoms with Crippen molar-refractivity contribution < 1.29 is 9.90 Å². The van der Waals surface area contributed by atoms with Crippen molar-refractivity contribution in [3.05, 3.63) is 17.0 Å². The third kappa shape index (κ3) is 0.549. The Morgan fingerprint density at radius 2 is 2.36 bits per heavy atom. The number of nitrogens with zero attached hydrogens (tertiary/aromatic N) is 1. The molecule has 14 heavy (non-hydrogen) atoms. The van der Waals surface area contributed by atoms with Gasteiger partial charge in [0.25, 0.3) is 0 Å². The van der Waals surface area contributed by atoms with Crippen molar-refractivity contribution in [2.75, 3.05) is 0 Å². The summed E-state index contributed by atoms with van der Waals surface area (Å²) in [6.45, 7) is 0. The van der Waals surface area contributed by atoms with E-state index in [0.717, 1.165) is 23.6 Å². The lowest BCUT2D eigenvalue weighted by atomic mass is 10.1. The highest BCUT2D eigenvalue weighted by molar-refractivity contribution is 5.88. The van der Waals surface area contributed by atoms with E-state index in [1.54, 1.807) is 0 Å². The molecule has 0 amide bonds. The molecule has 2 atom stereocenters. The molecule has 3 aliphatic rings. The highest BCUT2D eigenvalue weighted by atomic mass is 16.4. The van der Waals surface area contributed by atoms with Gasteiger partial charge in [-0.3, -0.25) is 5.10 Å². The number of hydrogen-bond acceptors (Lipinski definition) is 2. The van der Waals surface area contributed by atoms with Crippen LogP contribution in [-0.4, -0.2) is 21.3 Å². The van der Waals surface area contributed by atoms with Crippen LogP contribution in [0.3, 0.4) is 0 Å². The molecule has 0 aromatic carbocycles. The van der Waals surface area contributed by atoms with Crippen LogP contribution in [0.1, 0.15) is 40.5 Å². The Morgan fingerprint density at radius 3 is 3.00 bits per heavy atom. The van der Waals surface area contributed by atoms with Gasteiger partial charge in [0.1, 0.15) is 0 Å². The van der Waals surface area contributed by atoms with Gasteiger partial charge in [0.15, 0.2) is 5.69 Å². The summed E-state index contributed by atoms with van der Waals surface area (Å²) in [5.41, 5.74) is 2.95. The minimum absolute atomic E-state index is 0.253. The second-order valence-corrected chi connectivity index (χ2v) is 4.79. The minimum atomic E-state index is -0.895. The Kier molecular flexibility index (Phi) is 0.874. The van der Waals surface area contributed by atoms with Crippen molar-refractivity contribution in [1.82, 2.24) is 10.2 Å². The average molecular weight is 190 g/mol. The molecular formula is C10H10N2O2. The number of aromatic amines is 1. The number of carboxylic acids is 1. The molecule has 4 nitrogen and oxygen atoms in total. The first-order valence-electron chi connectivity index (χ1n) is 5.04. The maximum absolute atomic E-state index is 10.8. The second kappa shape index (κ2) is 1.74. The largest absolute Gasteiger partial charge is 0.476 e. The Balaban J connectivity index is 1.84. The molecule has 1 heterocycles. The molecule has 4 heteroatoms. The molecule has 0 radical (unpaired) electrons. The van der Waals surface area contributed by atoms with Gasteiger partial charge < -0.3 is 5.11 Å². The molecule has 3 aliphatic carbocycles. The van der Waals surface area contributed by atoms with E-state index in [2.05, 4.69) is 10.2 Å². The molecule has 1 spiro atoms. The molecule has 2 saturated carbocycles. The fourth-order valence-corrected chi connectivity index (χ4v) is 3.45. The van der Waals surface area contributed by atoms with Crippen molar-refractivity contribution in [3.8, 4) is 0 Å². The molecule has 0 aliphatic heterocycles. The van der Waals surface area contributed by atoms with Crippen LogP contribution >= 0.6 is 0 Å². The van der Waals surface area contributed by atoms with Crippen LogP contribution in [-0.2, 0) is 6.42 Å². The maximum Gasteiger partial charge on any atom is 0.356 e. The number of nitrogens with one attached hydrogen (secondary N) is 1. The summed E-state index contributed by atoms with van der Waals surface area (Å²) in [7, 11) is 0. The number of aromatic carboxylic acids is 1. The lowest BCUT2D eigenvalue weighted by Gasteiger charge is -1.98. The minimum Gasteiger partial charge on any atom is -0.476 e. The van der Waals surface area contributed by atoms with Crippen LogP contribution in [0.15, 0.2) is 0 Å². The number of carboxylic acid groups (broad SMARTS) is 1. The van der Waals surface area contributed by atoms with E-state index in [9.17, 15) is 4.79 Å². The normalized spacial score (nSPS) is 34.0. The highest BCUT2D eigenvalue weighted by Gasteiger charge is 2.75. The van der Waals surface area contributed by atoms with Gasteiger partial charge in [0.2, 0.25) is 0 Å². The predicted molar refractivity (Wildman–Crippen MR) is 47.1 cm³/mol. The van der Waals surface area contributed by atoms with E-state index in [0.29, 0.717) is 11.3 Å². The van der Waals surface area contributed by atoms with E-state index in [4.69, 9.17) is 5.11 Å². The maximum atomic E-state index is 10.8. The van der Waals surface area contributed by atoms with E-state index in [-0.39, 0.29) is 5.69 Å². The van der Waals surface area contributed by atoms with Crippen LogP contribution in [0.4, 0.5) is 0 Å². The Bertz CT molecular complexity index is 459. The third-order valence-corrected chi connectivity index (χ3v) is 4.32. The number of hydrogen-bond donors (Lipinski definition) is 2. The zero-order valence-electron chi connectivity index (χ0n) is 7.58. The highest BCUT2D eigenvalue weighted by Crippen LogP contribution is 2.82. The summed E-state index contributed by atoms with van der Waals surface area (Å²) in [4.78, 5) is 10.8. The fraction of sp³-hybridized carbons (Fsp3) is 0.600. The third-order valence-electron chi connectivity index (χ3n) is 4.32. The lowest BCUT2D eigenvalue weighted by Crippen LogP contribution is -2.02. The molecule has 4 rings (SSSR count). The lowest BCUT2D eigenvalue weighted by molar-refractivity contribution is 0.0689. The van der Waals surface area contributed by atoms with Crippen LogP contribution in [0, 0.1) is 11.3 Å². The summed E-state index contributed by atoms with van der Waals surface area (Å²) in [6, 6.07) is 0. The Hall–Kier alpha value is -1.32. The first kappa shape index (κ1) is 7.04. The van der Waals surface area contributed by atoms with Crippen molar-refractivity contribution in [1.29, 1.82) is 0 Å². The number of rotatable bonds is 1. The van der Waals surface area contributed by atoms with Gasteiger partial charge in [0.05, 0.1) is 0 Å². The van der Waals surface area contributed by atoms with Gasteiger partial charge >= 0.3 is 5.97 Å². The van der Waals surface area contributed by atoms with Crippen LogP contribution < -0.4 is 0 Å². The first-order chi connectivity index (χ1) is 6.74. The molecular weight excluding hydrogens is 180 g/mol. The van der Waals surface area contributed by atoms with Crippen molar-refractivity contribution in [2.24, 2.45) is 11.3 Å². The monoisotopic (exact) mass is 190 g/mol. The number of fused-ring (bicyclic) bond motifs is 5. The second-order valence-electron chi connectivity index (χ2n) is 4.79. The SMILES string of the molecule is O=C(O)c1n[nH]c2c1C[C@H]1[C@@H]2C12CC2. The van der Waals surface area contributed by atoms with E-state index >= 15 is 0 Å². The van der Waals surface area contributed by atoms with Crippen molar-refractivity contribution in [2.45, 2.75) is 25.2 Å². The smallest absolute Gasteiger partial charge is 0.356 e. The van der Waals surface area contributed by atoms with Crippen LogP contribution in [0.5, 0.6) is 0 Å². The van der Waals surface area contributed by atoms with Gasteiger partial charge in [-0.05, 0) is 30.6 Å². The Labute approximate surface area is 80.3 Å². The van der Waals surface area contributed by atoms with E-state index < -0.39 is 5.97 Å². The summed E-state index contributed by atoms with van der Waals surface area (Å²) >= 11 is 0. The van der Waals surface area contributed by atoms with Gasteiger partial charge in [-0.25, -0.2) is 4.79 Å². The molecule has 0 bridgehead atoms. The number of H-pyrrole nitrogens is 1. The van der Waals surface area contributed by atoms with Crippen LogP contribution in [0.25, 0.3) is 0 Å². The number of carbonyl (C=O) groups is 1. The molecule has 0 unspecified atom stereocenters. The zero-order valence-corrected chi connectivity index (χ0v) is 7.58. The fourth-order valence-electron chi connectivity index (χ4n) is 3.45. The summed E-state index contributed by atoms with van der Waals surface area (Å²) in [5, 5.41) is 15.7. The topological polar surface area (TPSA) is 66.0 Å². The predicted octanol–water partition coefficient (Wildman–Crippen LogP) is 1.16. The van der Waals surface area contributed by atoms with Gasteiger partial charge in [-0.1, -0.05) is 0 Å². The molecule has 2 fully saturated rings. The number of aromatic nitrogens is 2. The first-order valence-corrected chi connectivity index (χ1v) is 5.04.